The molecule has 1 aliphatic heterocycles. The van der Waals surface area contributed by atoms with Crippen LogP contribution in [0.15, 0.2) is 59.2 Å². The highest BCUT2D eigenvalue weighted by atomic mass is 35.5. The van der Waals surface area contributed by atoms with Gasteiger partial charge in [0, 0.05) is 11.4 Å². The van der Waals surface area contributed by atoms with Gasteiger partial charge in [-0.3, -0.25) is 4.79 Å². The van der Waals surface area contributed by atoms with E-state index >= 15 is 0 Å². The van der Waals surface area contributed by atoms with Crippen LogP contribution in [0.1, 0.15) is 17.5 Å². The number of amidine groups is 1. The van der Waals surface area contributed by atoms with Gasteiger partial charge in [-0.15, -0.1) is 0 Å². The Bertz CT molecular complexity index is 814. The lowest BCUT2D eigenvalue weighted by Crippen LogP contribution is -2.24. The summed E-state index contributed by atoms with van der Waals surface area (Å²) in [6.45, 7) is 0. The molecule has 0 saturated heterocycles. The highest BCUT2D eigenvalue weighted by molar-refractivity contribution is 6.32. The number of amides is 1. The second kappa shape index (κ2) is 6.75. The number of aryl methyl sites for hydroxylation is 1. The van der Waals surface area contributed by atoms with E-state index in [1.807, 2.05) is 18.2 Å². The molecule has 0 saturated carbocycles. The first-order chi connectivity index (χ1) is 11.1. The molecule has 0 unspecified atom stereocenters. The molecule has 0 fully saturated rings. The highest BCUT2D eigenvalue weighted by Gasteiger charge is 2.20. The first-order valence-electron chi connectivity index (χ1n) is 7.22. The molecule has 0 aliphatic carbocycles. The number of carbonyl (C=O) groups excluding carboxylic acids is 1. The number of nitrogens with one attached hydrogen (secondary N) is 1. The third kappa shape index (κ3) is 3.66. The summed E-state index contributed by atoms with van der Waals surface area (Å²) in [6.07, 6.45) is 2.59. The Morgan fingerprint density at radius 1 is 1.09 bits per heavy atom. The van der Waals surface area contributed by atoms with E-state index in [9.17, 15) is 9.18 Å². The van der Waals surface area contributed by atoms with Crippen LogP contribution in [-0.4, -0.2) is 11.7 Å². The number of halogens is 2. The van der Waals surface area contributed by atoms with Crippen LogP contribution in [0.2, 0.25) is 5.02 Å². The normalized spacial score (nSPS) is 15.7. The summed E-state index contributed by atoms with van der Waals surface area (Å²) in [4.78, 5) is 16.3. The number of hydrogen-bond donors (Lipinski definition) is 1. The summed E-state index contributed by atoms with van der Waals surface area (Å²) < 4.78 is 13.6. The zero-order valence-electron chi connectivity index (χ0n) is 12.2. The Labute approximate surface area is 138 Å². The van der Waals surface area contributed by atoms with Crippen LogP contribution >= 0.6 is 11.6 Å². The van der Waals surface area contributed by atoms with E-state index in [2.05, 4.69) is 10.3 Å². The van der Waals surface area contributed by atoms with Gasteiger partial charge >= 0.3 is 0 Å². The Hall–Kier alpha value is -2.46. The molecule has 0 spiro atoms. The average Bonchev–Trinajstić information content (AvgIpc) is 2.89. The van der Waals surface area contributed by atoms with Gasteiger partial charge in [-0.2, -0.15) is 0 Å². The lowest BCUT2D eigenvalue weighted by Gasteiger charge is -2.02. The minimum atomic E-state index is -0.270. The van der Waals surface area contributed by atoms with E-state index in [1.165, 1.54) is 6.07 Å². The lowest BCUT2D eigenvalue weighted by molar-refractivity contribution is -0.115. The molecule has 1 aliphatic rings. The maximum absolute atomic E-state index is 13.6. The number of rotatable bonds is 4. The average molecular weight is 329 g/mol. The summed E-state index contributed by atoms with van der Waals surface area (Å²) in [5, 5.41) is 3.27. The molecule has 3 rings (SSSR count). The van der Waals surface area contributed by atoms with Gasteiger partial charge in [-0.25, -0.2) is 9.38 Å². The molecule has 3 nitrogen and oxygen atoms in total. The van der Waals surface area contributed by atoms with Crippen molar-refractivity contribution >= 4 is 29.4 Å². The first kappa shape index (κ1) is 15.4. The van der Waals surface area contributed by atoms with Crippen molar-refractivity contribution in [1.29, 1.82) is 0 Å². The Morgan fingerprint density at radius 2 is 1.83 bits per heavy atom. The monoisotopic (exact) mass is 328 g/mol. The van der Waals surface area contributed by atoms with Crippen molar-refractivity contribution in [3.8, 4) is 0 Å². The van der Waals surface area contributed by atoms with Gasteiger partial charge in [0.05, 0.1) is 0 Å². The van der Waals surface area contributed by atoms with Crippen molar-refractivity contribution in [2.45, 2.75) is 12.8 Å². The van der Waals surface area contributed by atoms with Crippen LogP contribution in [0, 0.1) is 5.82 Å². The van der Waals surface area contributed by atoms with Crippen molar-refractivity contribution in [3.05, 3.63) is 76.2 Å². The maximum Gasteiger partial charge on any atom is 0.275 e. The van der Waals surface area contributed by atoms with E-state index in [0.29, 0.717) is 35.0 Å². The third-order valence-corrected chi connectivity index (χ3v) is 3.88. The van der Waals surface area contributed by atoms with Crippen LogP contribution in [0.5, 0.6) is 0 Å². The summed E-state index contributed by atoms with van der Waals surface area (Å²) >= 11 is 6.08. The Kier molecular flexibility index (Phi) is 4.53. The largest absolute Gasteiger partial charge is 0.309 e. The van der Waals surface area contributed by atoms with Crippen LogP contribution in [0.25, 0.3) is 6.08 Å². The summed E-state index contributed by atoms with van der Waals surface area (Å²) in [6, 6.07) is 13.8. The molecular weight excluding hydrogens is 315 g/mol. The highest BCUT2D eigenvalue weighted by Crippen LogP contribution is 2.20. The summed E-state index contributed by atoms with van der Waals surface area (Å²) in [5.41, 5.74) is 1.65. The van der Waals surface area contributed by atoms with E-state index in [0.717, 1.165) is 5.56 Å². The van der Waals surface area contributed by atoms with Gasteiger partial charge in [0.1, 0.15) is 17.3 Å². The number of nitrogens with zero attached hydrogens (tertiary/aromatic N) is 1. The summed E-state index contributed by atoms with van der Waals surface area (Å²) in [7, 11) is 0. The molecule has 0 atom stereocenters. The SMILES string of the molecule is O=C1NC(CCc2ccccc2F)=N/C1=C\c1ccccc1Cl. The van der Waals surface area contributed by atoms with Crippen molar-refractivity contribution in [3.63, 3.8) is 0 Å². The molecule has 1 N–H and O–H groups in total. The molecule has 1 heterocycles. The first-order valence-corrected chi connectivity index (χ1v) is 7.60. The van der Waals surface area contributed by atoms with E-state index in [-0.39, 0.29) is 11.7 Å². The molecule has 2 aromatic rings. The van der Waals surface area contributed by atoms with Gasteiger partial charge < -0.3 is 5.32 Å². The van der Waals surface area contributed by atoms with Gasteiger partial charge in [0.25, 0.3) is 5.91 Å². The van der Waals surface area contributed by atoms with Crippen molar-refractivity contribution in [2.75, 3.05) is 0 Å². The van der Waals surface area contributed by atoms with Crippen LogP contribution < -0.4 is 5.32 Å². The summed E-state index contributed by atoms with van der Waals surface area (Å²) in [5.74, 6) is 0.0225. The van der Waals surface area contributed by atoms with E-state index in [1.54, 1.807) is 30.3 Å². The standard InChI is InChI=1S/C18H14ClFN2O/c19-14-7-3-1-6-13(14)11-16-18(23)22-17(21-16)10-9-12-5-2-4-8-15(12)20/h1-8,11H,9-10H2,(H,21,22,23)/b16-11-. The maximum atomic E-state index is 13.6. The molecule has 2 aromatic carbocycles. The molecule has 0 aromatic heterocycles. The molecule has 116 valence electrons. The van der Waals surface area contributed by atoms with Crippen molar-refractivity contribution < 1.29 is 9.18 Å². The molecule has 0 bridgehead atoms. The Balaban J connectivity index is 1.74. The lowest BCUT2D eigenvalue weighted by atomic mass is 10.1. The molecule has 5 heteroatoms. The fourth-order valence-corrected chi connectivity index (χ4v) is 2.52. The van der Waals surface area contributed by atoms with Gasteiger partial charge in [0.2, 0.25) is 0 Å². The smallest absolute Gasteiger partial charge is 0.275 e. The Morgan fingerprint density at radius 3 is 2.61 bits per heavy atom. The zero-order valence-corrected chi connectivity index (χ0v) is 13.0. The molecular formula is C18H14ClFN2O. The van der Waals surface area contributed by atoms with Gasteiger partial charge in [0.15, 0.2) is 0 Å². The number of hydrogen-bond acceptors (Lipinski definition) is 2. The number of benzene rings is 2. The molecule has 1 amide bonds. The number of aliphatic imine (C=N–C) groups is 1. The quantitative estimate of drug-likeness (QED) is 0.847. The van der Waals surface area contributed by atoms with E-state index in [4.69, 9.17) is 11.6 Å². The predicted molar refractivity (Wildman–Crippen MR) is 89.7 cm³/mol. The topological polar surface area (TPSA) is 41.5 Å². The van der Waals surface area contributed by atoms with Crippen molar-refractivity contribution in [2.24, 2.45) is 4.99 Å². The second-order valence-electron chi connectivity index (χ2n) is 5.16. The fraction of sp³-hybridized carbons (Fsp3) is 0.111. The third-order valence-electron chi connectivity index (χ3n) is 3.53. The minimum Gasteiger partial charge on any atom is -0.309 e. The zero-order chi connectivity index (χ0) is 16.2. The molecule has 0 radical (unpaired) electrons. The fourth-order valence-electron chi connectivity index (χ4n) is 2.33. The van der Waals surface area contributed by atoms with Crippen LogP contribution in [-0.2, 0) is 11.2 Å². The second-order valence-corrected chi connectivity index (χ2v) is 5.56. The van der Waals surface area contributed by atoms with Gasteiger partial charge in [-0.05, 0) is 35.8 Å². The van der Waals surface area contributed by atoms with E-state index < -0.39 is 0 Å². The van der Waals surface area contributed by atoms with Crippen LogP contribution in [0.3, 0.4) is 0 Å². The molecule has 23 heavy (non-hydrogen) atoms. The van der Waals surface area contributed by atoms with Crippen molar-refractivity contribution in [1.82, 2.24) is 5.32 Å². The predicted octanol–water partition coefficient (Wildman–Crippen LogP) is 3.98. The van der Waals surface area contributed by atoms with Gasteiger partial charge in [-0.1, -0.05) is 48.0 Å². The van der Waals surface area contributed by atoms with Crippen LogP contribution in [0.4, 0.5) is 4.39 Å². The number of carbonyl (C=O) groups is 1. The minimum absolute atomic E-state index is 0.246.